The summed E-state index contributed by atoms with van der Waals surface area (Å²) in [6.07, 6.45) is 6.39. The van der Waals surface area contributed by atoms with Crippen molar-refractivity contribution in [3.63, 3.8) is 0 Å². The molecular weight excluding hydrogens is 879 g/mol. The largest absolute Gasteiger partial charge is 0.497 e. The first-order chi connectivity index (χ1) is 27.5. The molecule has 0 spiro atoms. The molecule has 4 aromatic heterocycles. The van der Waals surface area contributed by atoms with Crippen LogP contribution in [0.15, 0.2) is 118 Å². The third-order valence-electron chi connectivity index (χ3n) is 8.28. The second kappa shape index (κ2) is 24.1. The fourth-order valence-electron chi connectivity index (χ4n) is 5.48. The highest BCUT2D eigenvalue weighted by atomic mass is 35.5. The van der Waals surface area contributed by atoms with Gasteiger partial charge in [-0.25, -0.2) is 40.6 Å². The van der Waals surface area contributed by atoms with Gasteiger partial charge in [0, 0.05) is 48.3 Å². The van der Waals surface area contributed by atoms with Crippen LogP contribution in [0.25, 0.3) is 22.8 Å². The third kappa shape index (κ3) is 14.8. The summed E-state index contributed by atoms with van der Waals surface area (Å²) >= 11 is 2.89. The fraction of sp³-hybridized carbons (Fsp3) is 0.282. The van der Waals surface area contributed by atoms with Crippen LogP contribution in [0.2, 0.25) is 0 Å². The Morgan fingerprint density at radius 1 is 0.644 bits per heavy atom. The Kier molecular flexibility index (Phi) is 20.1. The Morgan fingerprint density at radius 2 is 1.12 bits per heavy atom. The fourth-order valence-corrected chi connectivity index (χ4v) is 9.53. The van der Waals surface area contributed by atoms with Crippen molar-refractivity contribution in [2.75, 3.05) is 30.8 Å². The summed E-state index contributed by atoms with van der Waals surface area (Å²) in [7, 11) is -6.02. The number of nitrogens with zero attached hydrogens (tertiary/aromatic N) is 4. The summed E-state index contributed by atoms with van der Waals surface area (Å²) in [4.78, 5) is 17.5. The van der Waals surface area contributed by atoms with Crippen LogP contribution in [0.3, 0.4) is 0 Å². The number of ether oxygens (including phenoxy) is 1. The molecule has 6 aromatic rings. The van der Waals surface area contributed by atoms with E-state index in [1.165, 1.54) is 53.0 Å². The van der Waals surface area contributed by atoms with Gasteiger partial charge in [0.1, 0.15) is 27.9 Å². The summed E-state index contributed by atoms with van der Waals surface area (Å²) < 4.78 is 74.9. The first-order valence-electron chi connectivity index (χ1n) is 18.2. The van der Waals surface area contributed by atoms with Crippen molar-refractivity contribution in [1.29, 1.82) is 0 Å². The number of pyridine rings is 2. The van der Waals surface area contributed by atoms with Gasteiger partial charge in [-0.1, -0.05) is 51.0 Å². The Bertz CT molecular complexity index is 2360. The maximum Gasteiger partial charge on any atom is 0.243 e. The minimum Gasteiger partial charge on any atom is -0.497 e. The van der Waals surface area contributed by atoms with Crippen molar-refractivity contribution >= 4 is 77.8 Å². The Hall–Kier alpha value is -4.27. The molecule has 4 heterocycles. The number of rotatable bonds is 19. The van der Waals surface area contributed by atoms with Gasteiger partial charge in [-0.15, -0.1) is 47.5 Å². The van der Waals surface area contributed by atoms with E-state index in [0.29, 0.717) is 36.8 Å². The smallest absolute Gasteiger partial charge is 0.243 e. The lowest BCUT2D eigenvalue weighted by atomic mass is 10.2. The molecule has 0 aliphatic heterocycles. The molecule has 2 unspecified atom stereocenters. The highest BCUT2D eigenvalue weighted by molar-refractivity contribution is 7.89. The molecule has 4 N–H and O–H groups in total. The maximum atomic E-state index is 13.9. The van der Waals surface area contributed by atoms with E-state index in [1.54, 1.807) is 31.6 Å². The molecule has 59 heavy (non-hydrogen) atoms. The van der Waals surface area contributed by atoms with Gasteiger partial charge in [-0.05, 0) is 73.5 Å². The van der Waals surface area contributed by atoms with Gasteiger partial charge in [0.05, 0.1) is 23.4 Å². The van der Waals surface area contributed by atoms with Gasteiger partial charge in [0.25, 0.3) is 0 Å². The molecule has 0 radical (unpaired) electrons. The molecule has 0 amide bonds. The summed E-state index contributed by atoms with van der Waals surface area (Å²) in [5.74, 6) is -0.152. The summed E-state index contributed by atoms with van der Waals surface area (Å²) in [6, 6.07) is 22.3. The normalized spacial score (nSPS) is 12.1. The average molecular weight is 926 g/mol. The van der Waals surface area contributed by atoms with Gasteiger partial charge in [0.2, 0.25) is 20.0 Å². The predicted molar refractivity (Wildman–Crippen MR) is 240 cm³/mol. The van der Waals surface area contributed by atoms with Crippen LogP contribution >= 0.6 is 47.5 Å². The molecular formula is C39H47Cl2FN8O5S4. The number of anilines is 2. The minimum absolute atomic E-state index is 0. The van der Waals surface area contributed by atoms with E-state index in [4.69, 9.17) is 4.74 Å². The molecule has 13 nitrogen and oxygen atoms in total. The van der Waals surface area contributed by atoms with Crippen molar-refractivity contribution in [2.45, 2.75) is 61.4 Å². The first kappa shape index (κ1) is 49.1. The van der Waals surface area contributed by atoms with E-state index < -0.39 is 31.9 Å². The minimum atomic E-state index is -3.95. The molecule has 2 atom stereocenters. The molecule has 318 valence electrons. The molecule has 20 heteroatoms. The second-order valence-corrected chi connectivity index (χ2v) is 17.7. The second-order valence-electron chi connectivity index (χ2n) is 12.6. The lowest BCUT2D eigenvalue weighted by Gasteiger charge is -2.18. The first-order valence-corrected chi connectivity index (χ1v) is 22.9. The van der Waals surface area contributed by atoms with E-state index in [9.17, 15) is 21.2 Å². The van der Waals surface area contributed by atoms with Crippen LogP contribution in [-0.4, -0.2) is 69.1 Å². The molecule has 2 aromatic carbocycles. The molecule has 0 saturated carbocycles. The van der Waals surface area contributed by atoms with Crippen LogP contribution < -0.4 is 24.8 Å². The number of thiazole rings is 2. The predicted octanol–water partition coefficient (Wildman–Crippen LogP) is 8.52. The van der Waals surface area contributed by atoms with Gasteiger partial charge in [-0.3, -0.25) is 9.97 Å². The van der Waals surface area contributed by atoms with E-state index in [1.807, 2.05) is 61.0 Å². The third-order valence-corrected chi connectivity index (χ3v) is 13.0. The van der Waals surface area contributed by atoms with E-state index in [0.717, 1.165) is 46.8 Å². The van der Waals surface area contributed by atoms with Crippen molar-refractivity contribution in [3.05, 3.63) is 114 Å². The summed E-state index contributed by atoms with van der Waals surface area (Å²) in [5, 5.41) is 11.6. The van der Waals surface area contributed by atoms with Crippen molar-refractivity contribution in [1.82, 2.24) is 29.4 Å². The lowest BCUT2D eigenvalue weighted by molar-refractivity contribution is 0.414. The number of methoxy groups -OCH3 is 1. The van der Waals surface area contributed by atoms with Crippen LogP contribution in [0.4, 0.5) is 14.7 Å². The average Bonchev–Trinajstić information content (AvgIpc) is 3.91. The zero-order valence-electron chi connectivity index (χ0n) is 32.4. The number of hydrogen-bond donors (Lipinski definition) is 4. The number of halogens is 3. The van der Waals surface area contributed by atoms with Crippen LogP contribution in [0.1, 0.15) is 39.5 Å². The topological polar surface area (TPSA) is 177 Å². The zero-order valence-corrected chi connectivity index (χ0v) is 37.3. The monoisotopic (exact) mass is 924 g/mol. The van der Waals surface area contributed by atoms with Gasteiger partial charge < -0.3 is 15.4 Å². The van der Waals surface area contributed by atoms with E-state index in [-0.39, 0.29) is 40.6 Å². The molecule has 6 rings (SSSR count). The summed E-state index contributed by atoms with van der Waals surface area (Å²) in [5.41, 5.74) is 3.13. The number of sulfonamides is 2. The van der Waals surface area contributed by atoms with Gasteiger partial charge in [0.15, 0.2) is 10.3 Å². The Labute approximate surface area is 365 Å². The molecule has 0 aliphatic rings. The maximum absolute atomic E-state index is 13.9. The quantitative estimate of drug-likeness (QED) is 0.0613. The van der Waals surface area contributed by atoms with Crippen molar-refractivity contribution in [3.8, 4) is 28.5 Å². The van der Waals surface area contributed by atoms with Crippen LogP contribution in [0, 0.1) is 5.82 Å². The standard InChI is InChI=1S/C20H24N4O3S2.C19H21FN4O2S2.2ClH/c1-3-6-15(24-29(25,26)17-10-8-16(27-2)9-11-17)13-22-20-23-19(14-28-20)18-7-4-5-12-21-18;1-2-7-14(24-28(25,26)18-10-4-3-8-15(18)20)12-22-19-23-17(13-27-19)16-9-5-6-11-21-16;;/h4-5,7-12,14-15,24H,3,6,13H2,1-2H3,(H,22,23);3-6,8-11,13-14,24H,2,7,12H2,1H3,(H,22,23);2*1H. The summed E-state index contributed by atoms with van der Waals surface area (Å²) in [6.45, 7) is 4.78. The van der Waals surface area contributed by atoms with E-state index >= 15 is 0 Å². The van der Waals surface area contributed by atoms with Crippen LogP contribution in [-0.2, 0) is 20.0 Å². The van der Waals surface area contributed by atoms with Crippen molar-refractivity contribution in [2.24, 2.45) is 0 Å². The van der Waals surface area contributed by atoms with Crippen LogP contribution in [0.5, 0.6) is 5.75 Å². The molecule has 0 fully saturated rings. The Morgan fingerprint density at radius 3 is 1.56 bits per heavy atom. The molecule has 0 aliphatic carbocycles. The number of benzene rings is 2. The zero-order chi connectivity index (χ0) is 40.7. The Balaban J connectivity index is 0.000000305. The van der Waals surface area contributed by atoms with E-state index in [2.05, 4.69) is 40.0 Å². The highest BCUT2D eigenvalue weighted by Gasteiger charge is 2.23. The highest BCUT2D eigenvalue weighted by Crippen LogP contribution is 2.25. The number of nitrogens with one attached hydrogen (secondary N) is 4. The van der Waals surface area contributed by atoms with Crippen molar-refractivity contribution < 1.29 is 26.0 Å². The lowest BCUT2D eigenvalue weighted by Crippen LogP contribution is -2.39. The SMILES string of the molecule is CCCC(CNc1nc(-c2ccccn2)cs1)NS(=O)(=O)c1ccc(OC)cc1.CCCC(CNc1nc(-c2ccccn2)cs1)NS(=O)(=O)c1ccccc1F.Cl.Cl. The molecule has 0 bridgehead atoms. The number of aromatic nitrogens is 4. The molecule has 0 saturated heterocycles. The number of hydrogen-bond acceptors (Lipinski definition) is 13. The van der Waals surface area contributed by atoms with Gasteiger partial charge >= 0.3 is 0 Å². The van der Waals surface area contributed by atoms with Gasteiger partial charge in [-0.2, -0.15) is 0 Å².